The molecule has 5 nitrogen and oxygen atoms in total. The summed E-state index contributed by atoms with van der Waals surface area (Å²) < 4.78 is 5.37. The minimum Gasteiger partial charge on any atom is -0.459 e. The molecule has 2 rings (SSSR count). The van der Waals surface area contributed by atoms with E-state index in [-0.39, 0.29) is 22.4 Å². The molecule has 0 amide bonds. The number of benzene rings is 1. The van der Waals surface area contributed by atoms with Gasteiger partial charge in [-0.05, 0) is 37.8 Å². The molecule has 0 spiro atoms. The van der Waals surface area contributed by atoms with Crippen LogP contribution in [0.25, 0.3) is 0 Å². The van der Waals surface area contributed by atoms with Crippen LogP contribution in [0.3, 0.4) is 0 Å². The van der Waals surface area contributed by atoms with Gasteiger partial charge < -0.3 is 4.74 Å². The summed E-state index contributed by atoms with van der Waals surface area (Å²) in [4.78, 5) is 21.9. The molecule has 1 aliphatic rings. The smallest absolute Gasteiger partial charge is 0.338 e. The topological polar surface area (TPSA) is 69.4 Å². The molecular formula is C13H14ClNO4. The minimum atomic E-state index is -0.585. The second kappa shape index (κ2) is 6.02. The Kier molecular flexibility index (Phi) is 4.37. The molecule has 1 aromatic carbocycles. The van der Waals surface area contributed by atoms with E-state index in [1.807, 2.05) is 0 Å². The fourth-order valence-electron chi connectivity index (χ4n) is 2.18. The fourth-order valence-corrected chi connectivity index (χ4v) is 2.43. The average Bonchev–Trinajstić information content (AvgIpc) is 2.39. The van der Waals surface area contributed by atoms with Crippen molar-refractivity contribution in [2.45, 2.75) is 38.2 Å². The molecule has 0 N–H and O–H groups in total. The third-order valence-corrected chi connectivity index (χ3v) is 3.51. The van der Waals surface area contributed by atoms with Gasteiger partial charge in [0.1, 0.15) is 11.1 Å². The summed E-state index contributed by atoms with van der Waals surface area (Å²) in [6.07, 6.45) is 5.03. The molecule has 0 aromatic heterocycles. The fraction of sp³-hybridized carbons (Fsp3) is 0.462. The second-order valence-corrected chi connectivity index (χ2v) is 5.00. The number of rotatable bonds is 3. The Morgan fingerprint density at radius 1 is 1.32 bits per heavy atom. The lowest BCUT2D eigenvalue weighted by Crippen LogP contribution is -2.20. The van der Waals surface area contributed by atoms with Gasteiger partial charge in [0.2, 0.25) is 0 Å². The number of nitro groups is 1. The first-order valence-electron chi connectivity index (χ1n) is 6.23. The van der Waals surface area contributed by atoms with Crippen molar-refractivity contribution in [2.24, 2.45) is 0 Å². The monoisotopic (exact) mass is 283 g/mol. The van der Waals surface area contributed by atoms with E-state index in [1.165, 1.54) is 24.6 Å². The highest BCUT2D eigenvalue weighted by Gasteiger charge is 2.20. The van der Waals surface area contributed by atoms with E-state index in [1.54, 1.807) is 0 Å². The van der Waals surface area contributed by atoms with Gasteiger partial charge in [-0.15, -0.1) is 0 Å². The maximum atomic E-state index is 11.9. The lowest BCUT2D eigenvalue weighted by atomic mass is 9.98. The number of ether oxygens (including phenoxy) is 1. The zero-order chi connectivity index (χ0) is 13.8. The molecule has 1 saturated carbocycles. The van der Waals surface area contributed by atoms with Crippen molar-refractivity contribution in [1.82, 2.24) is 0 Å². The number of esters is 1. The van der Waals surface area contributed by atoms with Gasteiger partial charge in [-0.3, -0.25) is 10.1 Å². The standard InChI is InChI=1S/C13H14ClNO4/c14-11-8-9(6-7-12(11)15(17)18)13(16)19-10-4-2-1-3-5-10/h6-8,10H,1-5H2. The number of nitro benzene ring substituents is 1. The normalized spacial score (nSPS) is 16.1. The van der Waals surface area contributed by atoms with Crippen LogP contribution < -0.4 is 0 Å². The maximum absolute atomic E-state index is 11.9. The molecule has 1 fully saturated rings. The molecule has 0 saturated heterocycles. The van der Waals surface area contributed by atoms with Crippen LogP contribution in [0.1, 0.15) is 42.5 Å². The van der Waals surface area contributed by atoms with Crippen molar-refractivity contribution in [2.75, 3.05) is 0 Å². The maximum Gasteiger partial charge on any atom is 0.338 e. The highest BCUT2D eigenvalue weighted by Crippen LogP contribution is 2.26. The van der Waals surface area contributed by atoms with Gasteiger partial charge in [-0.2, -0.15) is 0 Å². The highest BCUT2D eigenvalue weighted by molar-refractivity contribution is 6.33. The van der Waals surface area contributed by atoms with E-state index in [9.17, 15) is 14.9 Å². The Balaban J connectivity index is 2.06. The molecule has 1 aromatic rings. The molecule has 102 valence electrons. The van der Waals surface area contributed by atoms with Crippen LogP contribution in [0.4, 0.5) is 5.69 Å². The van der Waals surface area contributed by atoms with Crippen molar-refractivity contribution in [3.05, 3.63) is 38.9 Å². The number of carbonyl (C=O) groups is 1. The summed E-state index contributed by atoms with van der Waals surface area (Å²) in [6.45, 7) is 0. The van der Waals surface area contributed by atoms with Gasteiger partial charge in [0.25, 0.3) is 5.69 Å². The summed E-state index contributed by atoms with van der Waals surface area (Å²) in [6, 6.07) is 3.87. The molecule has 6 heteroatoms. The number of hydrogen-bond acceptors (Lipinski definition) is 4. The molecule has 1 aliphatic carbocycles. The zero-order valence-electron chi connectivity index (χ0n) is 10.3. The van der Waals surface area contributed by atoms with E-state index < -0.39 is 10.9 Å². The predicted octanol–water partition coefficient (Wildman–Crippen LogP) is 3.74. The quantitative estimate of drug-likeness (QED) is 0.481. The summed E-state index contributed by atoms with van der Waals surface area (Å²) in [5.74, 6) is -0.469. The molecule has 0 heterocycles. The number of carbonyl (C=O) groups excluding carboxylic acids is 1. The van der Waals surface area contributed by atoms with Crippen LogP contribution in [0.5, 0.6) is 0 Å². The SMILES string of the molecule is O=C(OC1CCCCC1)c1ccc([N+](=O)[O-])c(Cl)c1. The molecule has 0 atom stereocenters. The van der Waals surface area contributed by atoms with E-state index in [2.05, 4.69) is 0 Å². The van der Waals surface area contributed by atoms with E-state index in [4.69, 9.17) is 16.3 Å². The number of halogens is 1. The zero-order valence-corrected chi connectivity index (χ0v) is 11.1. The molecular weight excluding hydrogens is 270 g/mol. The molecule has 0 radical (unpaired) electrons. The van der Waals surface area contributed by atoms with E-state index >= 15 is 0 Å². The first-order valence-corrected chi connectivity index (χ1v) is 6.60. The lowest BCUT2D eigenvalue weighted by molar-refractivity contribution is -0.384. The highest BCUT2D eigenvalue weighted by atomic mass is 35.5. The second-order valence-electron chi connectivity index (χ2n) is 4.59. The van der Waals surface area contributed by atoms with Crippen molar-refractivity contribution >= 4 is 23.3 Å². The Labute approximate surface area is 115 Å². The predicted molar refractivity (Wildman–Crippen MR) is 70.4 cm³/mol. The summed E-state index contributed by atoms with van der Waals surface area (Å²) in [5, 5.41) is 10.6. The lowest BCUT2D eigenvalue weighted by Gasteiger charge is -2.21. The van der Waals surface area contributed by atoms with Gasteiger partial charge in [0.15, 0.2) is 0 Å². The summed E-state index contributed by atoms with van der Waals surface area (Å²) in [5.41, 5.74) is 0.0389. The summed E-state index contributed by atoms with van der Waals surface area (Å²) >= 11 is 5.76. The molecule has 19 heavy (non-hydrogen) atoms. The largest absolute Gasteiger partial charge is 0.459 e. The van der Waals surface area contributed by atoms with Gasteiger partial charge in [0, 0.05) is 6.07 Å². The first-order chi connectivity index (χ1) is 9.08. The average molecular weight is 284 g/mol. The van der Waals surface area contributed by atoms with Gasteiger partial charge in [-0.1, -0.05) is 18.0 Å². The van der Waals surface area contributed by atoms with Crippen molar-refractivity contribution < 1.29 is 14.5 Å². The first kappa shape index (κ1) is 13.8. The molecule has 0 aliphatic heterocycles. The van der Waals surface area contributed by atoms with Crippen molar-refractivity contribution in [3.8, 4) is 0 Å². The van der Waals surface area contributed by atoms with Gasteiger partial charge in [-0.25, -0.2) is 4.79 Å². The van der Waals surface area contributed by atoms with Crippen LogP contribution in [-0.4, -0.2) is 17.0 Å². The van der Waals surface area contributed by atoms with Crippen molar-refractivity contribution in [1.29, 1.82) is 0 Å². The van der Waals surface area contributed by atoms with Crippen molar-refractivity contribution in [3.63, 3.8) is 0 Å². The minimum absolute atomic E-state index is 0.0461. The molecule has 0 unspecified atom stereocenters. The number of nitrogens with zero attached hydrogens (tertiary/aromatic N) is 1. The number of hydrogen-bond donors (Lipinski definition) is 0. The Hall–Kier alpha value is -1.62. The Bertz CT molecular complexity index is 497. The Morgan fingerprint density at radius 2 is 2.00 bits per heavy atom. The third-order valence-electron chi connectivity index (χ3n) is 3.21. The van der Waals surface area contributed by atoms with Gasteiger partial charge >= 0.3 is 5.97 Å². The van der Waals surface area contributed by atoms with Crippen LogP contribution in [0, 0.1) is 10.1 Å². The molecule has 0 bridgehead atoms. The van der Waals surface area contributed by atoms with Crippen LogP contribution in [0.15, 0.2) is 18.2 Å². The van der Waals surface area contributed by atoms with Crippen LogP contribution >= 0.6 is 11.6 Å². The third kappa shape index (κ3) is 3.44. The van der Waals surface area contributed by atoms with Crippen LogP contribution in [-0.2, 0) is 4.74 Å². The summed E-state index contributed by atoms with van der Waals surface area (Å²) in [7, 11) is 0. The van der Waals surface area contributed by atoms with Crippen LogP contribution in [0.2, 0.25) is 5.02 Å². The van der Waals surface area contributed by atoms with E-state index in [0.717, 1.165) is 25.7 Å². The van der Waals surface area contributed by atoms with Gasteiger partial charge in [0.05, 0.1) is 10.5 Å². The Morgan fingerprint density at radius 3 is 2.58 bits per heavy atom. The van der Waals surface area contributed by atoms with E-state index in [0.29, 0.717) is 0 Å².